The Morgan fingerprint density at radius 1 is 0.804 bits per heavy atom. The first-order valence-electron chi connectivity index (χ1n) is 13.0. The monoisotopic (exact) mass is 886 g/mol. The van der Waals surface area contributed by atoms with Crippen LogP contribution in [0, 0.1) is 17.6 Å². The average Bonchev–Trinajstić information content (AvgIpc) is 3.41. The van der Waals surface area contributed by atoms with Crippen LogP contribution in [0.3, 0.4) is 0 Å². The van der Waals surface area contributed by atoms with Gasteiger partial charge in [-0.2, -0.15) is 39.5 Å². The van der Waals surface area contributed by atoms with Gasteiger partial charge in [0.15, 0.2) is 14.5 Å². The number of carbonyl (C=O) groups excluding carboxylic acids is 3. The summed E-state index contributed by atoms with van der Waals surface area (Å²) in [5, 5.41) is 1.37. The second-order valence-corrected chi connectivity index (χ2v) is 13.9. The molecule has 4 rings (SSSR count). The number of halogens is 17. The van der Waals surface area contributed by atoms with E-state index in [2.05, 4.69) is 15.9 Å². The van der Waals surface area contributed by atoms with Gasteiger partial charge < -0.3 is 10.2 Å². The summed E-state index contributed by atoms with van der Waals surface area (Å²) in [7, 11) is 0. The van der Waals surface area contributed by atoms with Gasteiger partial charge in [0.1, 0.15) is 17.4 Å². The SMILES string of the molecule is O=C(Nc1c(Br)cc(C(F)(C(F)(F)F)C(F)(F)F)cc1C(F)(F)F)c1cccc(N(OC(=O)C2C(Cl)(Cl)C2(Cl)Cl)C(=O)c2ccc(F)cc2)c1F. The van der Waals surface area contributed by atoms with Crippen LogP contribution in [0.1, 0.15) is 31.8 Å². The molecule has 0 radical (unpaired) electrons. The maximum atomic E-state index is 16.0. The maximum absolute atomic E-state index is 16.0. The molecule has 1 N–H and O–H groups in total. The van der Waals surface area contributed by atoms with Gasteiger partial charge in [-0.1, -0.05) is 52.5 Å². The lowest BCUT2D eigenvalue weighted by atomic mass is 9.92. The summed E-state index contributed by atoms with van der Waals surface area (Å²) < 4.78 is 160. The molecule has 2 amide bonds. The third-order valence-electron chi connectivity index (χ3n) is 7.03. The number of nitrogens with zero attached hydrogens (tertiary/aromatic N) is 1. The number of hydroxylamine groups is 1. The Bertz CT molecular complexity index is 1880. The highest BCUT2D eigenvalue weighted by molar-refractivity contribution is 9.10. The van der Waals surface area contributed by atoms with Crippen LogP contribution in [0.15, 0.2) is 59.1 Å². The van der Waals surface area contributed by atoms with Crippen molar-refractivity contribution in [2.24, 2.45) is 5.92 Å². The molecule has 0 spiro atoms. The van der Waals surface area contributed by atoms with Crippen LogP contribution in [0.25, 0.3) is 0 Å². The second-order valence-electron chi connectivity index (χ2n) is 10.3. The van der Waals surface area contributed by atoms with E-state index in [-0.39, 0.29) is 11.1 Å². The number of alkyl halides is 14. The largest absolute Gasteiger partial charge is 0.435 e. The Hall–Kier alpha value is -3.13. The van der Waals surface area contributed by atoms with E-state index in [0.717, 1.165) is 30.3 Å². The first-order valence-corrected chi connectivity index (χ1v) is 15.3. The molecule has 0 aromatic heterocycles. The van der Waals surface area contributed by atoms with Crippen LogP contribution in [-0.2, 0) is 21.5 Å². The van der Waals surface area contributed by atoms with Crippen molar-refractivity contribution in [3.63, 3.8) is 0 Å². The lowest BCUT2D eigenvalue weighted by molar-refractivity contribution is -0.348. The Balaban J connectivity index is 1.80. The van der Waals surface area contributed by atoms with E-state index in [9.17, 15) is 62.7 Å². The Labute approximate surface area is 304 Å². The zero-order chi connectivity index (χ0) is 38.9. The predicted octanol–water partition coefficient (Wildman–Crippen LogP) is 10.4. The quantitative estimate of drug-likeness (QED) is 0.152. The molecular formula is C28H11BrCl4F12N2O4. The van der Waals surface area contributed by atoms with Crippen molar-refractivity contribution in [2.45, 2.75) is 32.9 Å². The van der Waals surface area contributed by atoms with Crippen LogP contribution < -0.4 is 10.4 Å². The molecule has 1 saturated carbocycles. The molecule has 1 fully saturated rings. The molecule has 6 nitrogen and oxygen atoms in total. The zero-order valence-corrected chi connectivity index (χ0v) is 28.4. The summed E-state index contributed by atoms with van der Waals surface area (Å²) in [5.41, 5.74) is -15.8. The maximum Gasteiger partial charge on any atom is 0.435 e. The summed E-state index contributed by atoms with van der Waals surface area (Å²) in [6, 6.07) is 4.08. The normalized spacial score (nSPS) is 16.0. The predicted molar refractivity (Wildman–Crippen MR) is 160 cm³/mol. The Kier molecular flexibility index (Phi) is 10.7. The van der Waals surface area contributed by atoms with E-state index in [1.54, 1.807) is 0 Å². The van der Waals surface area contributed by atoms with Gasteiger partial charge in [0.25, 0.3) is 11.8 Å². The molecule has 0 atom stereocenters. The Morgan fingerprint density at radius 3 is 1.80 bits per heavy atom. The molecule has 0 heterocycles. The molecule has 0 aliphatic heterocycles. The first kappa shape index (κ1) is 40.6. The van der Waals surface area contributed by atoms with Crippen molar-refractivity contribution in [1.29, 1.82) is 0 Å². The summed E-state index contributed by atoms with van der Waals surface area (Å²) >= 11 is 25.7. The molecule has 0 bridgehead atoms. The fourth-order valence-corrected chi connectivity index (χ4v) is 6.38. The second kappa shape index (κ2) is 13.4. The van der Waals surface area contributed by atoms with Gasteiger partial charge in [0, 0.05) is 15.6 Å². The summed E-state index contributed by atoms with van der Waals surface area (Å²) in [6.45, 7) is 0. The highest BCUT2D eigenvalue weighted by atomic mass is 79.9. The lowest BCUT2D eigenvalue weighted by Crippen LogP contribution is -2.50. The van der Waals surface area contributed by atoms with Gasteiger partial charge in [-0.25, -0.2) is 18.0 Å². The summed E-state index contributed by atoms with van der Waals surface area (Å²) in [6.07, 6.45) is -19.5. The lowest BCUT2D eigenvalue weighted by Gasteiger charge is -2.31. The number of hydrogen-bond donors (Lipinski definition) is 1. The molecule has 276 valence electrons. The van der Waals surface area contributed by atoms with E-state index >= 15 is 4.39 Å². The number of rotatable bonds is 6. The molecule has 51 heavy (non-hydrogen) atoms. The molecule has 1 aliphatic carbocycles. The van der Waals surface area contributed by atoms with Crippen molar-refractivity contribution >= 4 is 91.5 Å². The number of benzene rings is 3. The third-order valence-corrected chi connectivity index (χ3v) is 10.1. The van der Waals surface area contributed by atoms with Crippen molar-refractivity contribution in [1.82, 2.24) is 0 Å². The van der Waals surface area contributed by atoms with E-state index in [0.29, 0.717) is 12.1 Å². The molecule has 3 aromatic carbocycles. The van der Waals surface area contributed by atoms with Crippen LogP contribution >= 0.6 is 62.3 Å². The van der Waals surface area contributed by atoms with E-state index in [4.69, 9.17) is 51.2 Å². The highest BCUT2D eigenvalue weighted by Crippen LogP contribution is 2.69. The van der Waals surface area contributed by atoms with E-state index < -0.39 is 112 Å². The fourth-order valence-electron chi connectivity index (χ4n) is 4.37. The van der Waals surface area contributed by atoms with Gasteiger partial charge in [0.05, 0.1) is 16.8 Å². The number of amides is 2. The van der Waals surface area contributed by atoms with Crippen molar-refractivity contribution in [3.8, 4) is 0 Å². The minimum absolute atomic E-state index is 0.102. The Morgan fingerprint density at radius 2 is 1.33 bits per heavy atom. The minimum atomic E-state index is -6.81. The van der Waals surface area contributed by atoms with Gasteiger partial charge in [-0.05, 0) is 64.5 Å². The van der Waals surface area contributed by atoms with Crippen LogP contribution in [0.5, 0.6) is 0 Å². The number of carbonyl (C=O) groups is 3. The first-order chi connectivity index (χ1) is 23.1. The van der Waals surface area contributed by atoms with E-state index in [1.165, 1.54) is 5.32 Å². The van der Waals surface area contributed by atoms with Crippen molar-refractivity contribution < 1.29 is 71.9 Å². The number of nitrogens with one attached hydrogen (secondary N) is 1. The smallest absolute Gasteiger partial charge is 0.332 e. The molecule has 1 aliphatic rings. The van der Waals surface area contributed by atoms with Gasteiger partial charge in [-0.3, -0.25) is 9.59 Å². The molecule has 23 heteroatoms. The molecule has 3 aromatic rings. The molecular weight excluding hydrogens is 878 g/mol. The number of anilines is 2. The minimum Gasteiger partial charge on any atom is -0.332 e. The van der Waals surface area contributed by atoms with Crippen LogP contribution in [0.4, 0.5) is 64.1 Å². The zero-order valence-electron chi connectivity index (χ0n) is 23.8. The van der Waals surface area contributed by atoms with Crippen LogP contribution in [-0.4, -0.2) is 38.8 Å². The fraction of sp³-hybridized carbons (Fsp3) is 0.250. The molecule has 0 unspecified atom stereocenters. The third kappa shape index (κ3) is 7.28. The summed E-state index contributed by atoms with van der Waals surface area (Å²) in [5.74, 6) is -9.35. The van der Waals surface area contributed by atoms with Gasteiger partial charge in [0.2, 0.25) is 0 Å². The summed E-state index contributed by atoms with van der Waals surface area (Å²) in [4.78, 5) is 44.3. The van der Waals surface area contributed by atoms with Crippen LogP contribution in [0.2, 0.25) is 0 Å². The topological polar surface area (TPSA) is 75.7 Å². The molecule has 0 saturated heterocycles. The average molecular weight is 889 g/mol. The highest BCUT2D eigenvalue weighted by Gasteiger charge is 2.80. The van der Waals surface area contributed by atoms with Gasteiger partial charge >= 0.3 is 30.2 Å². The van der Waals surface area contributed by atoms with E-state index in [1.807, 2.05) is 0 Å². The standard InChI is InChI=1S/C28H11BrCl4F12N2O4/c29-15-9-11(23(36,27(40,41)42)28(43,44)45)8-14(26(37,38)39)18(15)46-20(48)13-2-1-3-16(17(13)35)47(21(49)10-4-6-12(34)7-5-10)51-22(50)19-24(30,31)25(19,32)33/h1-9,19H,(H,46,48). The van der Waals surface area contributed by atoms with Crippen molar-refractivity contribution in [3.05, 3.63) is 93.0 Å². The van der Waals surface area contributed by atoms with Crippen molar-refractivity contribution in [2.75, 3.05) is 10.4 Å². The van der Waals surface area contributed by atoms with Gasteiger partial charge in [-0.15, -0.1) is 5.06 Å². The number of hydrogen-bond acceptors (Lipinski definition) is 4.